The summed E-state index contributed by atoms with van der Waals surface area (Å²) in [5.74, 6) is -2.03. The number of carbonyl (C=O) groups is 3. The molecule has 158 valence electrons. The molecule has 2 rings (SSSR count). The van der Waals surface area contributed by atoms with Gasteiger partial charge in [-0.3, -0.25) is 9.59 Å². The van der Waals surface area contributed by atoms with Crippen LogP contribution >= 0.6 is 46.4 Å². The Morgan fingerprint density at radius 1 is 1.28 bits per heavy atom. The van der Waals surface area contributed by atoms with Gasteiger partial charge in [0.15, 0.2) is 0 Å². The number of nitrogens with zero attached hydrogens (tertiary/aromatic N) is 1. The van der Waals surface area contributed by atoms with E-state index in [1.807, 2.05) is 30.3 Å². The first kappa shape index (κ1) is 23.8. The summed E-state index contributed by atoms with van der Waals surface area (Å²) in [7, 11) is 0. The zero-order valence-corrected chi connectivity index (χ0v) is 18.7. The van der Waals surface area contributed by atoms with Crippen LogP contribution in [0.15, 0.2) is 41.4 Å². The number of ether oxygens (including phenoxy) is 1. The smallest absolute Gasteiger partial charge is 0.417 e. The Labute approximate surface area is 189 Å². The zero-order valence-electron chi connectivity index (χ0n) is 15.7. The van der Waals surface area contributed by atoms with Crippen LogP contribution < -0.4 is 5.32 Å². The predicted molar refractivity (Wildman–Crippen MR) is 113 cm³/mol. The first-order valence-corrected chi connectivity index (χ1v) is 10.3. The second-order valence-corrected chi connectivity index (χ2v) is 9.38. The van der Waals surface area contributed by atoms with Gasteiger partial charge in [0.1, 0.15) is 6.61 Å². The first-order valence-electron chi connectivity index (χ1n) is 8.79. The van der Waals surface area contributed by atoms with Crippen LogP contribution in [-0.4, -0.2) is 45.3 Å². The van der Waals surface area contributed by atoms with Crippen molar-refractivity contribution < 1.29 is 19.1 Å². The molecule has 1 fully saturated rings. The highest BCUT2D eigenvalue weighted by atomic mass is 35.6. The van der Waals surface area contributed by atoms with Crippen LogP contribution in [0.25, 0.3) is 0 Å². The van der Waals surface area contributed by atoms with Crippen molar-refractivity contribution in [1.82, 2.24) is 10.2 Å². The molecule has 0 bridgehead atoms. The van der Waals surface area contributed by atoms with Crippen molar-refractivity contribution in [2.75, 3.05) is 6.61 Å². The van der Waals surface area contributed by atoms with E-state index in [1.54, 1.807) is 13.8 Å². The molecule has 3 amide bonds. The standard InChI is InChI=1S/C19H20Cl4N2O4/c1-11(8-15(20)12(2)24-17(27)19(21,22)23)16(26)25-14(10-29-18(25)28)9-13-6-4-3-5-7-13/h3-8,11-12,14H,9-10H2,1-2H3,(H,24,27)/b15-8+/t11-,12+,14-/m1/s1. The molecule has 0 spiro atoms. The molecule has 0 aliphatic carbocycles. The lowest BCUT2D eigenvalue weighted by Gasteiger charge is -2.23. The van der Waals surface area contributed by atoms with Crippen molar-refractivity contribution in [2.45, 2.75) is 36.1 Å². The number of halogens is 4. The number of alkyl halides is 3. The molecule has 0 unspecified atom stereocenters. The summed E-state index contributed by atoms with van der Waals surface area (Å²) < 4.78 is 2.95. The third-order valence-corrected chi connectivity index (χ3v) is 5.30. The quantitative estimate of drug-likeness (QED) is 0.617. The highest BCUT2D eigenvalue weighted by Gasteiger charge is 2.39. The number of hydrogen-bond donors (Lipinski definition) is 1. The summed E-state index contributed by atoms with van der Waals surface area (Å²) in [6.45, 7) is 3.30. The van der Waals surface area contributed by atoms with Gasteiger partial charge in [0.2, 0.25) is 5.91 Å². The first-order chi connectivity index (χ1) is 13.5. The Morgan fingerprint density at radius 2 is 1.90 bits per heavy atom. The molecule has 3 atom stereocenters. The summed E-state index contributed by atoms with van der Waals surface area (Å²) in [5, 5.41) is 2.60. The van der Waals surface area contributed by atoms with Gasteiger partial charge in [-0.05, 0) is 18.9 Å². The fourth-order valence-corrected chi connectivity index (χ4v) is 3.20. The predicted octanol–water partition coefficient (Wildman–Crippen LogP) is 4.21. The molecule has 1 aliphatic heterocycles. The van der Waals surface area contributed by atoms with Gasteiger partial charge in [0.05, 0.1) is 18.0 Å². The van der Waals surface area contributed by atoms with Gasteiger partial charge >= 0.3 is 6.09 Å². The molecule has 0 saturated carbocycles. The van der Waals surface area contributed by atoms with Gasteiger partial charge in [-0.15, -0.1) is 0 Å². The van der Waals surface area contributed by atoms with E-state index in [0.717, 1.165) is 10.5 Å². The van der Waals surface area contributed by atoms with Crippen LogP contribution in [0.4, 0.5) is 4.79 Å². The van der Waals surface area contributed by atoms with Crippen molar-refractivity contribution in [1.29, 1.82) is 0 Å². The van der Waals surface area contributed by atoms with Crippen molar-refractivity contribution in [3.63, 3.8) is 0 Å². The molecular formula is C19H20Cl4N2O4. The second kappa shape index (κ2) is 10.0. The molecule has 1 aromatic rings. The van der Waals surface area contributed by atoms with Gasteiger partial charge in [0, 0.05) is 5.03 Å². The fraction of sp³-hybridized carbons (Fsp3) is 0.421. The van der Waals surface area contributed by atoms with Crippen molar-refractivity contribution in [3.05, 3.63) is 47.0 Å². The number of imide groups is 1. The molecule has 1 aromatic carbocycles. The maximum atomic E-state index is 12.9. The molecule has 1 heterocycles. The minimum absolute atomic E-state index is 0.124. The molecule has 1 N–H and O–H groups in total. The van der Waals surface area contributed by atoms with E-state index in [-0.39, 0.29) is 11.6 Å². The number of hydrogen-bond acceptors (Lipinski definition) is 4. The summed E-state index contributed by atoms with van der Waals surface area (Å²) in [4.78, 5) is 37.8. The summed E-state index contributed by atoms with van der Waals surface area (Å²) in [6, 6.07) is 8.39. The average molecular weight is 482 g/mol. The number of rotatable bonds is 6. The Bertz CT molecular complexity index is 795. The van der Waals surface area contributed by atoms with E-state index < -0.39 is 39.7 Å². The van der Waals surface area contributed by atoms with Crippen LogP contribution in [-0.2, 0) is 20.7 Å². The van der Waals surface area contributed by atoms with E-state index in [0.29, 0.717) is 6.42 Å². The number of benzene rings is 1. The zero-order chi connectivity index (χ0) is 21.8. The molecule has 10 heteroatoms. The summed E-state index contributed by atoms with van der Waals surface area (Å²) in [6.07, 6.45) is 1.24. The lowest BCUT2D eigenvalue weighted by Crippen LogP contribution is -2.43. The van der Waals surface area contributed by atoms with Crippen molar-refractivity contribution in [2.24, 2.45) is 5.92 Å². The van der Waals surface area contributed by atoms with Crippen LogP contribution in [0.1, 0.15) is 19.4 Å². The van der Waals surface area contributed by atoms with Gasteiger partial charge in [-0.2, -0.15) is 0 Å². The molecule has 6 nitrogen and oxygen atoms in total. The van der Waals surface area contributed by atoms with Crippen LogP contribution in [0.2, 0.25) is 0 Å². The molecule has 0 aromatic heterocycles. The number of carbonyl (C=O) groups excluding carboxylic acids is 3. The minimum atomic E-state index is -2.13. The van der Waals surface area contributed by atoms with Crippen LogP contribution in [0, 0.1) is 5.92 Å². The number of amides is 3. The Morgan fingerprint density at radius 3 is 2.48 bits per heavy atom. The Hall–Kier alpha value is -1.47. The second-order valence-electron chi connectivity index (χ2n) is 6.66. The van der Waals surface area contributed by atoms with Gasteiger partial charge < -0.3 is 10.1 Å². The largest absolute Gasteiger partial charge is 0.447 e. The van der Waals surface area contributed by atoms with E-state index in [2.05, 4.69) is 5.32 Å². The maximum absolute atomic E-state index is 12.9. The lowest BCUT2D eigenvalue weighted by molar-refractivity contribution is -0.131. The van der Waals surface area contributed by atoms with E-state index in [9.17, 15) is 14.4 Å². The van der Waals surface area contributed by atoms with Gasteiger partial charge in [0.25, 0.3) is 9.70 Å². The van der Waals surface area contributed by atoms with E-state index in [1.165, 1.54) is 6.08 Å². The third kappa shape index (κ3) is 6.51. The molecule has 1 saturated heterocycles. The number of nitrogens with one attached hydrogen (secondary N) is 1. The van der Waals surface area contributed by atoms with Crippen LogP contribution in [0.5, 0.6) is 0 Å². The lowest BCUT2D eigenvalue weighted by atomic mass is 10.0. The van der Waals surface area contributed by atoms with E-state index in [4.69, 9.17) is 51.1 Å². The SMILES string of the molecule is C[C@H](/C=C(/Cl)[C@H](C)NC(=O)C(Cl)(Cl)Cl)C(=O)N1C(=O)OC[C@H]1Cc1ccccc1. The Balaban J connectivity index is 2.07. The van der Waals surface area contributed by atoms with Crippen LogP contribution in [0.3, 0.4) is 0 Å². The highest BCUT2D eigenvalue weighted by Crippen LogP contribution is 2.27. The van der Waals surface area contributed by atoms with Crippen molar-refractivity contribution >= 4 is 64.3 Å². The average Bonchev–Trinajstić information content (AvgIpc) is 3.01. The Kier molecular flexibility index (Phi) is 8.23. The molecular weight excluding hydrogens is 462 g/mol. The van der Waals surface area contributed by atoms with E-state index >= 15 is 0 Å². The summed E-state index contributed by atoms with van der Waals surface area (Å²) in [5.41, 5.74) is 0.984. The summed E-state index contributed by atoms with van der Waals surface area (Å²) >= 11 is 22.8. The topological polar surface area (TPSA) is 75.7 Å². The van der Waals surface area contributed by atoms with Gasteiger partial charge in [-0.25, -0.2) is 9.69 Å². The van der Waals surface area contributed by atoms with Crippen molar-refractivity contribution in [3.8, 4) is 0 Å². The van der Waals surface area contributed by atoms with Gasteiger partial charge in [-0.1, -0.05) is 89.7 Å². The molecule has 0 radical (unpaired) electrons. The third-order valence-electron chi connectivity index (χ3n) is 4.33. The monoisotopic (exact) mass is 480 g/mol. The fourth-order valence-electron chi connectivity index (χ4n) is 2.79. The molecule has 1 aliphatic rings. The highest BCUT2D eigenvalue weighted by molar-refractivity contribution is 6.76. The normalized spacial score (nSPS) is 19.5. The molecule has 29 heavy (non-hydrogen) atoms. The number of cyclic esters (lactones) is 1. The maximum Gasteiger partial charge on any atom is 0.417 e. The minimum Gasteiger partial charge on any atom is -0.447 e.